The van der Waals surface area contributed by atoms with Crippen LogP contribution < -0.4 is 17.3 Å². The lowest BCUT2D eigenvalue weighted by Gasteiger charge is -2.28. The number of quaternary nitrogens is 1. The SMILES string of the molecule is Cn1ccc2c1C[NH+](C)CC2c1ccccc1.[Cl-]. The van der Waals surface area contributed by atoms with E-state index in [4.69, 9.17) is 0 Å². The summed E-state index contributed by atoms with van der Waals surface area (Å²) in [5.74, 6) is 0.557. The summed E-state index contributed by atoms with van der Waals surface area (Å²) in [7, 11) is 4.44. The lowest BCUT2D eigenvalue weighted by atomic mass is 9.88. The maximum absolute atomic E-state index is 2.29. The predicted octanol–water partition coefficient (Wildman–Crippen LogP) is -1.81. The highest BCUT2D eigenvalue weighted by atomic mass is 35.5. The summed E-state index contributed by atoms with van der Waals surface area (Å²) in [6, 6.07) is 13.2. The molecule has 18 heavy (non-hydrogen) atoms. The summed E-state index contributed by atoms with van der Waals surface area (Å²) in [4.78, 5) is 1.59. The van der Waals surface area contributed by atoms with Gasteiger partial charge in [-0.15, -0.1) is 0 Å². The van der Waals surface area contributed by atoms with Gasteiger partial charge in [-0.05, 0) is 17.2 Å². The molecule has 0 spiro atoms. The number of rotatable bonds is 1. The van der Waals surface area contributed by atoms with E-state index < -0.39 is 0 Å². The molecule has 2 atom stereocenters. The molecule has 1 N–H and O–H groups in total. The minimum absolute atomic E-state index is 0. The molecule has 1 aromatic heterocycles. The Morgan fingerprint density at radius 2 is 1.89 bits per heavy atom. The highest BCUT2D eigenvalue weighted by Crippen LogP contribution is 2.28. The van der Waals surface area contributed by atoms with Crippen molar-refractivity contribution < 1.29 is 17.3 Å². The molecule has 2 unspecified atom stereocenters. The van der Waals surface area contributed by atoms with Crippen LogP contribution >= 0.6 is 0 Å². The van der Waals surface area contributed by atoms with Crippen LogP contribution in [0.15, 0.2) is 42.6 Å². The van der Waals surface area contributed by atoms with Gasteiger partial charge in [0.05, 0.1) is 25.2 Å². The van der Waals surface area contributed by atoms with Crippen LogP contribution in [0.25, 0.3) is 0 Å². The van der Waals surface area contributed by atoms with E-state index in [0.29, 0.717) is 5.92 Å². The molecule has 2 aromatic rings. The Hall–Kier alpha value is -1.25. The van der Waals surface area contributed by atoms with Gasteiger partial charge < -0.3 is 21.9 Å². The van der Waals surface area contributed by atoms with E-state index >= 15 is 0 Å². The van der Waals surface area contributed by atoms with E-state index in [0.717, 1.165) is 6.54 Å². The summed E-state index contributed by atoms with van der Waals surface area (Å²) < 4.78 is 2.27. The van der Waals surface area contributed by atoms with Gasteiger partial charge in [0.15, 0.2) is 0 Å². The van der Waals surface area contributed by atoms with Crippen molar-refractivity contribution in [2.45, 2.75) is 12.5 Å². The molecule has 0 saturated heterocycles. The number of halogens is 1. The second-order valence-corrected chi connectivity index (χ2v) is 5.13. The van der Waals surface area contributed by atoms with Crippen LogP contribution in [0, 0.1) is 0 Å². The second kappa shape index (κ2) is 5.17. The molecular weight excluding hydrogens is 244 g/mol. The topological polar surface area (TPSA) is 9.37 Å². The van der Waals surface area contributed by atoms with Crippen molar-refractivity contribution in [3.63, 3.8) is 0 Å². The third-order valence-corrected chi connectivity index (χ3v) is 3.84. The molecule has 1 aliphatic heterocycles. The van der Waals surface area contributed by atoms with Crippen molar-refractivity contribution in [2.24, 2.45) is 7.05 Å². The highest BCUT2D eigenvalue weighted by molar-refractivity contribution is 5.36. The Morgan fingerprint density at radius 1 is 1.17 bits per heavy atom. The highest BCUT2D eigenvalue weighted by Gasteiger charge is 2.29. The number of benzene rings is 1. The van der Waals surface area contributed by atoms with Gasteiger partial charge in [0.2, 0.25) is 0 Å². The summed E-state index contributed by atoms with van der Waals surface area (Å²) in [6.45, 7) is 2.34. The zero-order chi connectivity index (χ0) is 11.8. The van der Waals surface area contributed by atoms with Gasteiger partial charge in [-0.2, -0.15) is 0 Å². The standard InChI is InChI=1S/C15H18N2.ClH/c1-16-10-14(12-6-4-3-5-7-12)13-8-9-17(2)15(13)11-16;/h3-9,14H,10-11H2,1-2H3;1H. The zero-order valence-corrected chi connectivity index (χ0v) is 11.6. The minimum atomic E-state index is 0. The number of fused-ring (bicyclic) bond motifs is 1. The molecule has 0 amide bonds. The van der Waals surface area contributed by atoms with E-state index in [1.165, 1.54) is 23.4 Å². The third kappa shape index (κ3) is 2.18. The van der Waals surface area contributed by atoms with Gasteiger partial charge in [0, 0.05) is 13.2 Å². The molecule has 3 heteroatoms. The monoisotopic (exact) mass is 262 g/mol. The number of likely N-dealkylation sites (N-methyl/N-ethyl adjacent to an activating group) is 1. The lowest BCUT2D eigenvalue weighted by molar-refractivity contribution is -0.897. The van der Waals surface area contributed by atoms with Crippen LogP contribution in [0.5, 0.6) is 0 Å². The molecule has 0 bridgehead atoms. The van der Waals surface area contributed by atoms with Gasteiger partial charge in [-0.25, -0.2) is 0 Å². The van der Waals surface area contributed by atoms with Crippen molar-refractivity contribution in [1.82, 2.24) is 4.57 Å². The average Bonchev–Trinajstić information content (AvgIpc) is 2.72. The maximum atomic E-state index is 2.29. The Labute approximate surface area is 115 Å². The molecule has 1 aromatic carbocycles. The van der Waals surface area contributed by atoms with Crippen LogP contribution in [0.3, 0.4) is 0 Å². The average molecular weight is 263 g/mol. The van der Waals surface area contributed by atoms with E-state index in [1.807, 2.05) is 0 Å². The lowest BCUT2D eigenvalue weighted by Crippen LogP contribution is -3.09. The first-order chi connectivity index (χ1) is 8.25. The zero-order valence-electron chi connectivity index (χ0n) is 10.9. The van der Waals surface area contributed by atoms with Crippen molar-refractivity contribution in [2.75, 3.05) is 13.6 Å². The molecule has 3 rings (SSSR count). The summed E-state index contributed by atoms with van der Waals surface area (Å²) in [5, 5.41) is 0. The fourth-order valence-electron chi connectivity index (χ4n) is 2.93. The van der Waals surface area contributed by atoms with Gasteiger partial charge in [0.1, 0.15) is 6.54 Å². The molecule has 0 aliphatic carbocycles. The fourth-order valence-corrected chi connectivity index (χ4v) is 2.93. The fraction of sp³-hybridized carbons (Fsp3) is 0.333. The van der Waals surface area contributed by atoms with Crippen molar-refractivity contribution in [3.8, 4) is 0 Å². The molecule has 2 heterocycles. The third-order valence-electron chi connectivity index (χ3n) is 3.84. The summed E-state index contributed by atoms with van der Waals surface area (Å²) >= 11 is 0. The van der Waals surface area contributed by atoms with Crippen molar-refractivity contribution in [3.05, 3.63) is 59.4 Å². The Balaban J connectivity index is 0.00000120. The maximum Gasteiger partial charge on any atom is 0.118 e. The quantitative estimate of drug-likeness (QED) is 0.621. The first-order valence-electron chi connectivity index (χ1n) is 6.26. The van der Waals surface area contributed by atoms with Crippen LogP contribution in [-0.2, 0) is 13.6 Å². The second-order valence-electron chi connectivity index (χ2n) is 5.13. The first kappa shape index (κ1) is 13.2. The molecule has 0 saturated carbocycles. The Morgan fingerprint density at radius 3 is 2.61 bits per heavy atom. The molecule has 1 aliphatic rings. The number of aromatic nitrogens is 1. The van der Waals surface area contributed by atoms with E-state index in [-0.39, 0.29) is 12.4 Å². The summed E-state index contributed by atoms with van der Waals surface area (Å²) in [5.41, 5.74) is 4.45. The number of nitrogens with zero attached hydrogens (tertiary/aromatic N) is 1. The largest absolute Gasteiger partial charge is 1.00 e. The Kier molecular flexibility index (Phi) is 3.79. The molecule has 2 nitrogen and oxygen atoms in total. The van der Waals surface area contributed by atoms with Crippen LogP contribution in [0.1, 0.15) is 22.7 Å². The van der Waals surface area contributed by atoms with Gasteiger partial charge >= 0.3 is 0 Å². The number of aryl methyl sites for hydroxylation is 1. The Bertz CT molecular complexity index is 519. The number of hydrogen-bond acceptors (Lipinski definition) is 0. The van der Waals surface area contributed by atoms with E-state index in [1.54, 1.807) is 4.90 Å². The molecule has 0 radical (unpaired) electrons. The van der Waals surface area contributed by atoms with Crippen LogP contribution in [-0.4, -0.2) is 18.2 Å². The molecular formula is C15H19ClN2. The normalized spacial score (nSPS) is 22.1. The summed E-state index contributed by atoms with van der Waals surface area (Å²) in [6.07, 6.45) is 2.19. The molecule has 0 fully saturated rings. The van der Waals surface area contributed by atoms with Gasteiger partial charge in [-0.3, -0.25) is 0 Å². The first-order valence-corrected chi connectivity index (χ1v) is 6.26. The van der Waals surface area contributed by atoms with E-state index in [2.05, 4.69) is 61.3 Å². The number of hydrogen-bond donors (Lipinski definition) is 1. The molecule has 96 valence electrons. The van der Waals surface area contributed by atoms with Gasteiger partial charge in [-0.1, -0.05) is 30.3 Å². The van der Waals surface area contributed by atoms with Gasteiger partial charge in [0.25, 0.3) is 0 Å². The van der Waals surface area contributed by atoms with Crippen molar-refractivity contribution >= 4 is 0 Å². The number of nitrogens with one attached hydrogen (secondary N) is 1. The van der Waals surface area contributed by atoms with E-state index in [9.17, 15) is 0 Å². The van der Waals surface area contributed by atoms with Crippen LogP contribution in [0.4, 0.5) is 0 Å². The van der Waals surface area contributed by atoms with Crippen LogP contribution in [0.2, 0.25) is 0 Å². The predicted molar refractivity (Wildman–Crippen MR) is 69.2 cm³/mol. The van der Waals surface area contributed by atoms with Crippen molar-refractivity contribution in [1.29, 1.82) is 0 Å². The smallest absolute Gasteiger partial charge is 0.118 e. The minimum Gasteiger partial charge on any atom is -1.00 e.